The lowest BCUT2D eigenvalue weighted by molar-refractivity contribution is 0.939. The van der Waals surface area contributed by atoms with Gasteiger partial charge in [0.15, 0.2) is 11.5 Å². The molecule has 22 heavy (non-hydrogen) atoms. The topological polar surface area (TPSA) is 43.1 Å². The molecule has 4 nitrogen and oxygen atoms in total. The van der Waals surface area contributed by atoms with Crippen LogP contribution in [0.4, 0.5) is 0 Å². The van der Waals surface area contributed by atoms with Crippen LogP contribution >= 0.6 is 39.1 Å². The molecule has 0 aliphatic heterocycles. The Labute approximate surface area is 143 Å². The van der Waals surface area contributed by atoms with Gasteiger partial charge < -0.3 is 0 Å². The zero-order valence-electron chi connectivity index (χ0n) is 11.0. The van der Waals surface area contributed by atoms with Gasteiger partial charge in [0, 0.05) is 15.4 Å². The molecule has 7 heteroatoms. The average molecular weight is 394 g/mol. The number of halogens is 3. The second kappa shape index (κ2) is 5.19. The van der Waals surface area contributed by atoms with Crippen LogP contribution in [0.25, 0.3) is 27.9 Å². The van der Waals surface area contributed by atoms with Crippen LogP contribution in [0.3, 0.4) is 0 Å². The molecule has 0 spiro atoms. The standard InChI is InChI=1S/C15H7BrCl2N4/c16-8-5-6-9(11(17)7-8)13-20-14-10-3-1-2-4-12(10)19-15(18)22(14)21-13/h1-7H. The van der Waals surface area contributed by atoms with E-state index in [4.69, 9.17) is 23.2 Å². The molecule has 0 unspecified atom stereocenters. The lowest BCUT2D eigenvalue weighted by Crippen LogP contribution is -1.94. The van der Waals surface area contributed by atoms with Gasteiger partial charge in [0.05, 0.1) is 10.5 Å². The van der Waals surface area contributed by atoms with Crippen molar-refractivity contribution < 1.29 is 0 Å². The highest BCUT2D eigenvalue weighted by molar-refractivity contribution is 9.10. The van der Waals surface area contributed by atoms with E-state index in [1.165, 1.54) is 4.52 Å². The second-order valence-corrected chi connectivity index (χ2v) is 6.35. The Morgan fingerprint density at radius 3 is 2.64 bits per heavy atom. The van der Waals surface area contributed by atoms with Gasteiger partial charge >= 0.3 is 0 Å². The van der Waals surface area contributed by atoms with E-state index >= 15 is 0 Å². The van der Waals surface area contributed by atoms with Gasteiger partial charge in [0.2, 0.25) is 5.28 Å². The predicted molar refractivity (Wildman–Crippen MR) is 91.4 cm³/mol. The van der Waals surface area contributed by atoms with Crippen molar-refractivity contribution in [3.8, 4) is 11.4 Å². The number of hydrogen-bond donors (Lipinski definition) is 0. The average Bonchev–Trinajstić information content (AvgIpc) is 2.93. The first-order chi connectivity index (χ1) is 10.6. The SMILES string of the molecule is Clc1cc(Br)ccc1-c1nc2c3ccccc3nc(Cl)n2n1. The Morgan fingerprint density at radius 1 is 1.00 bits per heavy atom. The van der Waals surface area contributed by atoms with Crippen LogP contribution < -0.4 is 0 Å². The first-order valence-electron chi connectivity index (χ1n) is 6.40. The summed E-state index contributed by atoms with van der Waals surface area (Å²) >= 11 is 15.9. The molecule has 4 aromatic rings. The van der Waals surface area contributed by atoms with Crippen LogP contribution in [0.1, 0.15) is 0 Å². The molecule has 0 aliphatic carbocycles. The third kappa shape index (κ3) is 2.17. The van der Waals surface area contributed by atoms with E-state index in [1.54, 1.807) is 6.07 Å². The summed E-state index contributed by atoms with van der Waals surface area (Å²) in [5, 5.41) is 6.16. The van der Waals surface area contributed by atoms with Crippen molar-refractivity contribution in [2.45, 2.75) is 0 Å². The summed E-state index contributed by atoms with van der Waals surface area (Å²) in [5.74, 6) is 0.512. The van der Waals surface area contributed by atoms with E-state index in [2.05, 4.69) is 31.0 Å². The van der Waals surface area contributed by atoms with Crippen LogP contribution in [-0.2, 0) is 0 Å². The van der Waals surface area contributed by atoms with Crippen LogP contribution in [0.5, 0.6) is 0 Å². The molecule has 0 atom stereocenters. The minimum Gasteiger partial charge on any atom is -0.218 e. The molecule has 0 fully saturated rings. The van der Waals surface area contributed by atoms with Crippen LogP contribution in [0.15, 0.2) is 46.9 Å². The fourth-order valence-electron chi connectivity index (χ4n) is 2.31. The van der Waals surface area contributed by atoms with Gasteiger partial charge in [-0.25, -0.2) is 9.97 Å². The molecule has 0 N–H and O–H groups in total. The fourth-order valence-corrected chi connectivity index (χ4v) is 3.27. The van der Waals surface area contributed by atoms with Gasteiger partial charge in [-0.3, -0.25) is 0 Å². The highest BCUT2D eigenvalue weighted by atomic mass is 79.9. The number of rotatable bonds is 1. The van der Waals surface area contributed by atoms with Gasteiger partial charge in [-0.2, -0.15) is 4.52 Å². The molecule has 0 aliphatic rings. The van der Waals surface area contributed by atoms with E-state index in [-0.39, 0.29) is 5.28 Å². The van der Waals surface area contributed by atoms with E-state index in [9.17, 15) is 0 Å². The summed E-state index contributed by atoms with van der Waals surface area (Å²) in [5.41, 5.74) is 2.18. The number of para-hydroxylation sites is 1. The van der Waals surface area contributed by atoms with Crippen LogP contribution in [-0.4, -0.2) is 19.6 Å². The molecule has 2 heterocycles. The molecule has 0 radical (unpaired) electrons. The Balaban J connectivity index is 2.05. The quantitative estimate of drug-likeness (QED) is 0.426. The number of fused-ring (bicyclic) bond motifs is 3. The smallest absolute Gasteiger partial charge is 0.218 e. The van der Waals surface area contributed by atoms with Gasteiger partial charge in [-0.1, -0.05) is 39.7 Å². The Kier molecular flexibility index (Phi) is 3.29. The minimum atomic E-state index is 0.265. The highest BCUT2D eigenvalue weighted by Gasteiger charge is 2.15. The molecule has 0 saturated carbocycles. The monoisotopic (exact) mass is 392 g/mol. The Hall–Kier alpha value is -1.69. The number of benzene rings is 2. The van der Waals surface area contributed by atoms with E-state index in [0.29, 0.717) is 16.5 Å². The summed E-state index contributed by atoms with van der Waals surface area (Å²) in [6.07, 6.45) is 0. The summed E-state index contributed by atoms with van der Waals surface area (Å²) in [7, 11) is 0. The summed E-state index contributed by atoms with van der Waals surface area (Å²) in [6, 6.07) is 13.2. The summed E-state index contributed by atoms with van der Waals surface area (Å²) < 4.78 is 2.42. The first kappa shape index (κ1) is 13.9. The summed E-state index contributed by atoms with van der Waals surface area (Å²) in [6.45, 7) is 0. The molecule has 0 saturated heterocycles. The van der Waals surface area contributed by atoms with E-state index < -0.39 is 0 Å². The van der Waals surface area contributed by atoms with Crippen molar-refractivity contribution in [3.05, 3.63) is 57.2 Å². The maximum Gasteiger partial charge on any atom is 0.226 e. The summed E-state index contributed by atoms with van der Waals surface area (Å²) in [4.78, 5) is 8.92. The molecular weight excluding hydrogens is 387 g/mol. The zero-order valence-corrected chi connectivity index (χ0v) is 14.1. The van der Waals surface area contributed by atoms with Crippen molar-refractivity contribution in [1.82, 2.24) is 19.6 Å². The maximum absolute atomic E-state index is 6.28. The third-order valence-corrected chi connectivity index (χ3v) is 4.36. The van der Waals surface area contributed by atoms with Crippen molar-refractivity contribution in [1.29, 1.82) is 0 Å². The lowest BCUT2D eigenvalue weighted by atomic mass is 10.2. The van der Waals surface area contributed by atoms with Crippen LogP contribution in [0, 0.1) is 0 Å². The largest absolute Gasteiger partial charge is 0.226 e. The van der Waals surface area contributed by atoms with Gasteiger partial charge in [0.1, 0.15) is 0 Å². The second-order valence-electron chi connectivity index (χ2n) is 4.69. The van der Waals surface area contributed by atoms with Crippen molar-refractivity contribution in [3.63, 3.8) is 0 Å². The Morgan fingerprint density at radius 2 is 1.82 bits per heavy atom. The minimum absolute atomic E-state index is 0.265. The number of aromatic nitrogens is 4. The first-order valence-corrected chi connectivity index (χ1v) is 7.95. The molecule has 0 amide bonds. The zero-order chi connectivity index (χ0) is 15.3. The molecular formula is C15H7BrCl2N4. The number of hydrogen-bond acceptors (Lipinski definition) is 3. The van der Waals surface area contributed by atoms with Crippen molar-refractivity contribution >= 4 is 55.7 Å². The van der Waals surface area contributed by atoms with Gasteiger partial charge in [-0.05, 0) is 41.9 Å². The van der Waals surface area contributed by atoms with Gasteiger partial charge in [-0.15, -0.1) is 5.10 Å². The molecule has 2 aromatic heterocycles. The number of nitrogens with zero attached hydrogens (tertiary/aromatic N) is 4. The predicted octanol–water partition coefficient (Wildman–Crippen LogP) is 5.01. The van der Waals surface area contributed by atoms with Crippen molar-refractivity contribution in [2.75, 3.05) is 0 Å². The maximum atomic E-state index is 6.28. The van der Waals surface area contributed by atoms with Gasteiger partial charge in [0.25, 0.3) is 0 Å². The molecule has 0 bridgehead atoms. The fraction of sp³-hybridized carbons (Fsp3) is 0. The highest BCUT2D eigenvalue weighted by Crippen LogP contribution is 2.30. The molecule has 108 valence electrons. The third-order valence-electron chi connectivity index (χ3n) is 3.31. The normalized spacial score (nSPS) is 11.4. The van der Waals surface area contributed by atoms with E-state index in [1.807, 2.05) is 36.4 Å². The van der Waals surface area contributed by atoms with Crippen LogP contribution in [0.2, 0.25) is 10.3 Å². The molecule has 4 rings (SSSR count). The molecule has 2 aromatic carbocycles. The van der Waals surface area contributed by atoms with E-state index in [0.717, 1.165) is 20.9 Å². The van der Waals surface area contributed by atoms with Crippen molar-refractivity contribution in [2.24, 2.45) is 0 Å². The lowest BCUT2D eigenvalue weighted by Gasteiger charge is -1.99. The Bertz CT molecular complexity index is 1030.